The maximum Gasteiger partial charge on any atom is 0.326 e. The molecule has 2 N–H and O–H groups in total. The number of imidazole rings is 1. The summed E-state index contributed by atoms with van der Waals surface area (Å²) in [6, 6.07) is 6.22. The van der Waals surface area contributed by atoms with Gasteiger partial charge in [-0.3, -0.25) is 9.36 Å². The van der Waals surface area contributed by atoms with Crippen molar-refractivity contribution < 1.29 is 4.79 Å². The summed E-state index contributed by atoms with van der Waals surface area (Å²) in [6.07, 6.45) is 4.49. The maximum absolute atomic E-state index is 12.7. The number of carbonyl (C=O) groups is 1. The molecule has 2 aliphatic rings. The molecule has 1 unspecified atom stereocenters. The third-order valence-electron chi connectivity index (χ3n) is 5.31. The van der Waals surface area contributed by atoms with E-state index in [9.17, 15) is 9.59 Å². The number of carbonyl (C=O) groups excluding carboxylic acids is 1. The lowest BCUT2D eigenvalue weighted by Gasteiger charge is -2.32. The van der Waals surface area contributed by atoms with Crippen molar-refractivity contribution in [2.75, 3.05) is 19.6 Å². The highest BCUT2D eigenvalue weighted by Gasteiger charge is 2.24. The molecule has 6 nitrogen and oxygen atoms in total. The Morgan fingerprint density at radius 1 is 1.25 bits per heavy atom. The van der Waals surface area contributed by atoms with Crippen LogP contribution in [0.2, 0.25) is 0 Å². The Hall–Kier alpha value is -2.08. The number of fused-ring (bicyclic) bond motifs is 1. The van der Waals surface area contributed by atoms with Gasteiger partial charge in [0.15, 0.2) is 0 Å². The fourth-order valence-corrected chi connectivity index (χ4v) is 4.09. The minimum absolute atomic E-state index is 0.0414. The molecule has 0 spiro atoms. The van der Waals surface area contributed by atoms with Crippen LogP contribution in [0.4, 0.5) is 0 Å². The van der Waals surface area contributed by atoms with Crippen LogP contribution in [0, 0.1) is 0 Å². The molecule has 1 saturated heterocycles. The summed E-state index contributed by atoms with van der Waals surface area (Å²) >= 11 is 0. The number of amides is 1. The zero-order chi connectivity index (χ0) is 16.7. The zero-order valence-corrected chi connectivity index (χ0v) is 14.0. The second kappa shape index (κ2) is 6.09. The van der Waals surface area contributed by atoms with Gasteiger partial charge in [0.1, 0.15) is 0 Å². The average Bonchev–Trinajstić information content (AvgIpc) is 3.19. The summed E-state index contributed by atoms with van der Waals surface area (Å²) in [7, 11) is 0. The predicted molar refractivity (Wildman–Crippen MR) is 93.4 cm³/mol. The van der Waals surface area contributed by atoms with Gasteiger partial charge >= 0.3 is 5.69 Å². The molecule has 0 radical (unpaired) electrons. The summed E-state index contributed by atoms with van der Waals surface area (Å²) in [4.78, 5) is 29.9. The van der Waals surface area contributed by atoms with Gasteiger partial charge in [0, 0.05) is 37.3 Å². The number of rotatable bonds is 2. The van der Waals surface area contributed by atoms with Crippen molar-refractivity contribution in [3.8, 4) is 0 Å². The number of nitrogens with one attached hydrogen (secondary N) is 2. The van der Waals surface area contributed by atoms with E-state index in [0.29, 0.717) is 17.6 Å². The second-order valence-corrected chi connectivity index (χ2v) is 7.08. The number of H-pyrrole nitrogens is 1. The van der Waals surface area contributed by atoms with Crippen molar-refractivity contribution in [1.29, 1.82) is 0 Å². The van der Waals surface area contributed by atoms with Gasteiger partial charge in [-0.05, 0) is 38.0 Å². The Morgan fingerprint density at radius 3 is 2.79 bits per heavy atom. The van der Waals surface area contributed by atoms with E-state index in [1.165, 1.54) is 12.8 Å². The Kier molecular flexibility index (Phi) is 3.92. The van der Waals surface area contributed by atoms with Crippen LogP contribution in [0.15, 0.2) is 23.0 Å². The van der Waals surface area contributed by atoms with Crippen LogP contribution in [0.5, 0.6) is 0 Å². The van der Waals surface area contributed by atoms with Gasteiger partial charge in [0.25, 0.3) is 5.91 Å². The van der Waals surface area contributed by atoms with Gasteiger partial charge in [0.05, 0.1) is 11.0 Å². The normalized spacial score (nSPS) is 22.4. The molecule has 1 amide bonds. The quantitative estimate of drug-likeness (QED) is 0.884. The summed E-state index contributed by atoms with van der Waals surface area (Å²) < 4.78 is 1.88. The molecule has 1 atom stereocenters. The Balaban J connectivity index is 1.66. The zero-order valence-electron chi connectivity index (χ0n) is 14.0. The molecule has 2 aromatic rings. The van der Waals surface area contributed by atoms with Gasteiger partial charge < -0.3 is 15.2 Å². The first-order valence-corrected chi connectivity index (χ1v) is 8.90. The first-order valence-electron chi connectivity index (χ1n) is 8.90. The van der Waals surface area contributed by atoms with E-state index in [-0.39, 0.29) is 11.6 Å². The lowest BCUT2D eigenvalue weighted by atomic mass is 10.1. The number of aromatic amines is 1. The monoisotopic (exact) mass is 328 g/mol. The number of aromatic nitrogens is 2. The Bertz CT molecular complexity index is 816. The van der Waals surface area contributed by atoms with Crippen molar-refractivity contribution in [2.45, 2.75) is 44.7 Å². The van der Waals surface area contributed by atoms with Gasteiger partial charge in [-0.15, -0.1) is 0 Å². The van der Waals surface area contributed by atoms with E-state index in [1.807, 2.05) is 27.7 Å². The molecular weight excluding hydrogens is 304 g/mol. The van der Waals surface area contributed by atoms with Crippen molar-refractivity contribution in [3.63, 3.8) is 0 Å². The molecule has 24 heavy (non-hydrogen) atoms. The highest BCUT2D eigenvalue weighted by atomic mass is 16.2. The predicted octanol–water partition coefficient (Wildman–Crippen LogP) is 1.88. The molecule has 1 aromatic heterocycles. The highest BCUT2D eigenvalue weighted by Crippen LogP contribution is 2.30. The molecule has 2 heterocycles. The van der Waals surface area contributed by atoms with E-state index < -0.39 is 0 Å². The van der Waals surface area contributed by atoms with Crippen LogP contribution < -0.4 is 11.0 Å². The topological polar surface area (TPSA) is 70.1 Å². The summed E-state index contributed by atoms with van der Waals surface area (Å²) in [5.41, 5.74) is 2.27. The second-order valence-electron chi connectivity index (χ2n) is 7.08. The Labute approximate surface area is 140 Å². The van der Waals surface area contributed by atoms with Gasteiger partial charge in [0.2, 0.25) is 0 Å². The van der Waals surface area contributed by atoms with E-state index in [2.05, 4.69) is 17.2 Å². The number of benzene rings is 1. The van der Waals surface area contributed by atoms with Crippen molar-refractivity contribution >= 4 is 16.9 Å². The first kappa shape index (κ1) is 15.4. The van der Waals surface area contributed by atoms with Crippen LogP contribution in [-0.2, 0) is 0 Å². The Morgan fingerprint density at radius 2 is 2.04 bits per heavy atom. The number of hydrogen-bond acceptors (Lipinski definition) is 3. The third kappa shape index (κ3) is 2.65. The molecule has 4 rings (SSSR count). The van der Waals surface area contributed by atoms with Gasteiger partial charge in [-0.2, -0.15) is 0 Å². The number of nitrogens with zero attached hydrogens (tertiary/aromatic N) is 2. The molecular formula is C18H24N4O2. The molecule has 128 valence electrons. The fraction of sp³-hybridized carbons (Fsp3) is 0.556. The van der Waals surface area contributed by atoms with Crippen molar-refractivity contribution in [2.24, 2.45) is 0 Å². The van der Waals surface area contributed by atoms with Gasteiger partial charge in [-0.1, -0.05) is 12.8 Å². The average molecular weight is 328 g/mol. The largest absolute Gasteiger partial charge is 0.336 e. The summed E-state index contributed by atoms with van der Waals surface area (Å²) in [6.45, 7) is 4.35. The van der Waals surface area contributed by atoms with Crippen LogP contribution in [-0.4, -0.2) is 46.0 Å². The summed E-state index contributed by atoms with van der Waals surface area (Å²) in [5, 5.41) is 3.35. The van der Waals surface area contributed by atoms with Crippen LogP contribution in [0.25, 0.3) is 11.0 Å². The lowest BCUT2D eigenvalue weighted by Crippen LogP contribution is -2.51. The van der Waals surface area contributed by atoms with E-state index in [0.717, 1.165) is 43.5 Å². The molecule has 1 aromatic carbocycles. The summed E-state index contributed by atoms with van der Waals surface area (Å²) in [5.74, 6) is 0.0414. The van der Waals surface area contributed by atoms with Crippen molar-refractivity contribution in [3.05, 3.63) is 34.2 Å². The lowest BCUT2D eigenvalue weighted by molar-refractivity contribution is 0.0709. The van der Waals surface area contributed by atoms with Crippen LogP contribution >= 0.6 is 0 Å². The minimum Gasteiger partial charge on any atom is -0.336 e. The molecule has 2 fully saturated rings. The third-order valence-corrected chi connectivity index (χ3v) is 5.31. The highest BCUT2D eigenvalue weighted by molar-refractivity contribution is 5.97. The van der Waals surface area contributed by atoms with Crippen LogP contribution in [0.3, 0.4) is 0 Å². The fourth-order valence-electron chi connectivity index (χ4n) is 4.09. The molecule has 0 bridgehead atoms. The molecule has 6 heteroatoms. The van der Waals surface area contributed by atoms with E-state index in [1.54, 1.807) is 0 Å². The molecule has 1 aliphatic carbocycles. The number of hydrogen-bond donors (Lipinski definition) is 2. The van der Waals surface area contributed by atoms with E-state index >= 15 is 0 Å². The molecule has 1 saturated carbocycles. The SMILES string of the molecule is CC1CN(C(=O)c2ccc3c(c2)[nH]c(=O)n3C2CCCC2)CCN1. The molecule has 1 aliphatic heterocycles. The van der Waals surface area contributed by atoms with E-state index in [4.69, 9.17) is 0 Å². The van der Waals surface area contributed by atoms with Crippen LogP contribution in [0.1, 0.15) is 49.0 Å². The standard InChI is InChI=1S/C18H24N4O2/c1-12-11-21(9-8-19-12)17(23)13-6-7-16-15(10-13)20-18(24)22(16)14-4-2-3-5-14/h6-7,10,12,14,19H,2-5,8-9,11H2,1H3,(H,20,24). The smallest absolute Gasteiger partial charge is 0.326 e. The van der Waals surface area contributed by atoms with Gasteiger partial charge in [-0.25, -0.2) is 4.79 Å². The minimum atomic E-state index is -0.0581. The first-order chi connectivity index (χ1) is 11.6. The number of piperazine rings is 1. The van der Waals surface area contributed by atoms with Crippen molar-refractivity contribution in [1.82, 2.24) is 19.8 Å². The maximum atomic E-state index is 12.7.